The number of sulfone groups is 1. The predicted molar refractivity (Wildman–Crippen MR) is 135 cm³/mol. The summed E-state index contributed by atoms with van der Waals surface area (Å²) in [6.45, 7) is 3.09. The fraction of sp³-hybridized carbons (Fsp3) is 0.407. The minimum atomic E-state index is -4.37. The monoisotopic (exact) mass is 531 g/mol. The molecular formula is C27H28F3N3O3S. The average Bonchev–Trinajstić information content (AvgIpc) is 3.66. The smallest absolute Gasteiger partial charge is 0.367 e. The van der Waals surface area contributed by atoms with Gasteiger partial charge in [0.15, 0.2) is 9.84 Å². The molecule has 1 aliphatic carbocycles. The van der Waals surface area contributed by atoms with E-state index in [-0.39, 0.29) is 28.5 Å². The minimum Gasteiger partial charge on any atom is -0.367 e. The molecule has 2 aliphatic heterocycles. The number of fused-ring (bicyclic) bond motifs is 1. The Morgan fingerprint density at radius 3 is 2.38 bits per heavy atom. The zero-order valence-electron chi connectivity index (χ0n) is 20.4. The second-order valence-electron chi connectivity index (χ2n) is 9.99. The third-order valence-electron chi connectivity index (χ3n) is 7.44. The molecule has 1 N–H and O–H groups in total. The first kappa shape index (κ1) is 25.5. The number of hydrogen-bond acceptors (Lipinski definition) is 5. The van der Waals surface area contributed by atoms with E-state index in [0.29, 0.717) is 19.5 Å². The maximum atomic E-state index is 13.0. The van der Waals surface area contributed by atoms with Gasteiger partial charge in [-0.3, -0.25) is 9.79 Å². The average molecular weight is 532 g/mol. The highest BCUT2D eigenvalue weighted by atomic mass is 32.2. The Morgan fingerprint density at radius 2 is 1.78 bits per heavy atom. The molecule has 1 amide bonds. The van der Waals surface area contributed by atoms with Crippen molar-refractivity contribution in [2.75, 3.05) is 23.7 Å². The summed E-state index contributed by atoms with van der Waals surface area (Å²) in [6, 6.07) is 11.7. The van der Waals surface area contributed by atoms with Crippen LogP contribution in [0.3, 0.4) is 0 Å². The lowest BCUT2D eigenvalue weighted by molar-refractivity contribution is -0.137. The highest BCUT2D eigenvalue weighted by molar-refractivity contribution is 7.91. The quantitative estimate of drug-likeness (QED) is 0.583. The molecule has 37 heavy (non-hydrogen) atoms. The Kier molecular flexibility index (Phi) is 6.42. The number of alkyl halides is 3. The summed E-state index contributed by atoms with van der Waals surface area (Å²) in [5.41, 5.74) is 2.85. The fourth-order valence-electron chi connectivity index (χ4n) is 5.10. The van der Waals surface area contributed by atoms with Gasteiger partial charge in [0.25, 0.3) is 0 Å². The molecule has 10 heteroatoms. The van der Waals surface area contributed by atoms with E-state index in [0.717, 1.165) is 47.5 Å². The van der Waals surface area contributed by atoms with E-state index in [9.17, 15) is 26.4 Å². The van der Waals surface area contributed by atoms with Gasteiger partial charge in [-0.1, -0.05) is 19.1 Å². The predicted octanol–water partition coefficient (Wildman–Crippen LogP) is 4.76. The van der Waals surface area contributed by atoms with Gasteiger partial charge in [0.1, 0.15) is 0 Å². The number of nitrogens with zero attached hydrogens (tertiary/aromatic N) is 2. The van der Waals surface area contributed by atoms with Gasteiger partial charge >= 0.3 is 6.18 Å². The largest absolute Gasteiger partial charge is 0.416 e. The summed E-state index contributed by atoms with van der Waals surface area (Å²) in [6.07, 6.45) is -0.209. The van der Waals surface area contributed by atoms with Gasteiger partial charge < -0.3 is 10.2 Å². The molecule has 6 nitrogen and oxygen atoms in total. The topological polar surface area (TPSA) is 78.8 Å². The third kappa shape index (κ3) is 5.16. The molecule has 196 valence electrons. The number of nitrogens with one attached hydrogen (secondary N) is 1. The first-order chi connectivity index (χ1) is 17.5. The number of benzene rings is 2. The van der Waals surface area contributed by atoms with Gasteiger partial charge in [-0.05, 0) is 66.8 Å². The second-order valence-corrected chi connectivity index (χ2v) is 12.3. The van der Waals surface area contributed by atoms with Crippen molar-refractivity contribution in [3.63, 3.8) is 0 Å². The molecule has 1 unspecified atom stereocenters. The second kappa shape index (κ2) is 9.31. The van der Waals surface area contributed by atoms with Crippen LogP contribution in [0, 0.1) is 11.3 Å². The van der Waals surface area contributed by atoms with Gasteiger partial charge in [-0.2, -0.15) is 13.2 Å². The van der Waals surface area contributed by atoms with Crippen LogP contribution in [0.1, 0.15) is 37.3 Å². The summed E-state index contributed by atoms with van der Waals surface area (Å²) in [7, 11) is -3.28. The summed E-state index contributed by atoms with van der Waals surface area (Å²) in [4.78, 5) is 20.0. The van der Waals surface area contributed by atoms with Crippen LogP contribution in [-0.4, -0.2) is 39.4 Å². The highest BCUT2D eigenvalue weighted by Crippen LogP contribution is 2.57. The molecule has 0 saturated heterocycles. The fourth-order valence-corrected chi connectivity index (χ4v) is 5.98. The molecule has 1 spiro atoms. The number of aliphatic imine (C=N–C) groups is 1. The van der Waals surface area contributed by atoms with Crippen molar-refractivity contribution in [2.24, 2.45) is 16.3 Å². The maximum absolute atomic E-state index is 13.0. The van der Waals surface area contributed by atoms with Crippen molar-refractivity contribution in [2.45, 2.75) is 43.8 Å². The SMILES string of the molecule is CCS(=O)(=O)c1ccc(CNC(=O)C2C=NC3=C(C2)CN(c2ccc(C(F)(F)F)cc2)CC32CC2)cc1. The normalized spacial score (nSPS) is 20.6. The lowest BCUT2D eigenvalue weighted by atomic mass is 9.85. The highest BCUT2D eigenvalue weighted by Gasteiger charge is 2.52. The lowest BCUT2D eigenvalue weighted by Gasteiger charge is -2.39. The van der Waals surface area contributed by atoms with Crippen molar-refractivity contribution < 1.29 is 26.4 Å². The molecule has 1 fully saturated rings. The Hall–Kier alpha value is -3.14. The van der Waals surface area contributed by atoms with Gasteiger partial charge in [0, 0.05) is 42.6 Å². The minimum absolute atomic E-state index is 0.0273. The van der Waals surface area contributed by atoms with Gasteiger partial charge in [0.05, 0.1) is 22.1 Å². The summed E-state index contributed by atoms with van der Waals surface area (Å²) >= 11 is 0. The van der Waals surface area contributed by atoms with E-state index in [1.54, 1.807) is 37.4 Å². The molecule has 2 aromatic rings. The van der Waals surface area contributed by atoms with Gasteiger partial charge in [-0.15, -0.1) is 0 Å². The van der Waals surface area contributed by atoms with Gasteiger partial charge in [-0.25, -0.2) is 8.42 Å². The van der Waals surface area contributed by atoms with Crippen LogP contribution >= 0.6 is 0 Å². The zero-order valence-corrected chi connectivity index (χ0v) is 21.2. The molecule has 3 aliphatic rings. The molecule has 0 bridgehead atoms. The number of carbonyl (C=O) groups excluding carboxylic acids is 1. The molecule has 2 heterocycles. The summed E-state index contributed by atoms with van der Waals surface area (Å²) < 4.78 is 62.9. The third-order valence-corrected chi connectivity index (χ3v) is 9.19. The Bertz CT molecular complexity index is 1360. The Balaban J connectivity index is 1.24. The lowest BCUT2D eigenvalue weighted by Crippen LogP contribution is -2.41. The number of halogens is 3. The summed E-state index contributed by atoms with van der Waals surface area (Å²) in [5, 5.41) is 2.91. The van der Waals surface area contributed by atoms with E-state index >= 15 is 0 Å². The molecular weight excluding hydrogens is 503 g/mol. The van der Waals surface area contributed by atoms with Crippen LogP contribution in [0.25, 0.3) is 0 Å². The van der Waals surface area contributed by atoms with E-state index in [1.807, 2.05) is 0 Å². The van der Waals surface area contributed by atoms with E-state index in [4.69, 9.17) is 4.99 Å². The molecule has 0 aromatic heterocycles. The molecule has 5 rings (SSSR count). The van der Waals surface area contributed by atoms with Crippen LogP contribution < -0.4 is 10.2 Å². The zero-order chi connectivity index (χ0) is 26.4. The van der Waals surface area contributed by atoms with Crippen LogP contribution in [0.15, 0.2) is 69.7 Å². The van der Waals surface area contributed by atoms with Crippen LogP contribution in [-0.2, 0) is 27.4 Å². The Morgan fingerprint density at radius 1 is 1.11 bits per heavy atom. The maximum Gasteiger partial charge on any atom is 0.416 e. The van der Waals surface area contributed by atoms with E-state index in [2.05, 4.69) is 10.2 Å². The first-order valence-electron chi connectivity index (χ1n) is 12.3. The van der Waals surface area contributed by atoms with Crippen LogP contribution in [0.4, 0.5) is 18.9 Å². The van der Waals surface area contributed by atoms with E-state index in [1.165, 1.54) is 12.1 Å². The van der Waals surface area contributed by atoms with Crippen LogP contribution in [0.5, 0.6) is 0 Å². The first-order valence-corrected chi connectivity index (χ1v) is 13.9. The van der Waals surface area contributed by atoms with Crippen molar-refractivity contribution in [3.05, 3.63) is 70.9 Å². The number of carbonyl (C=O) groups is 1. The van der Waals surface area contributed by atoms with Crippen LogP contribution in [0.2, 0.25) is 0 Å². The number of hydrogen-bond donors (Lipinski definition) is 1. The van der Waals surface area contributed by atoms with E-state index < -0.39 is 27.5 Å². The van der Waals surface area contributed by atoms with Gasteiger partial charge in [0.2, 0.25) is 5.91 Å². The number of rotatable bonds is 6. The number of anilines is 1. The van der Waals surface area contributed by atoms with Crippen molar-refractivity contribution in [1.82, 2.24) is 5.32 Å². The molecule has 1 atom stereocenters. The summed E-state index contributed by atoms with van der Waals surface area (Å²) in [5.74, 6) is -0.585. The standard InChI is InChI=1S/C27H28F3N3O3S/c1-2-37(35,36)23-9-3-18(4-10-23)14-32-25(34)19-13-20-16-33(17-26(11-12-26)24(20)31-15-19)22-7-5-21(6-8-22)27(28,29)30/h3-10,15,19H,2,11-14,16-17H2,1H3,(H,32,34). The molecule has 2 aromatic carbocycles. The van der Waals surface area contributed by atoms with Crippen molar-refractivity contribution in [3.8, 4) is 0 Å². The van der Waals surface area contributed by atoms with Crippen molar-refractivity contribution in [1.29, 1.82) is 0 Å². The molecule has 0 radical (unpaired) electrons. The number of amides is 1. The Labute approximate surface area is 214 Å². The van der Waals surface area contributed by atoms with Crippen molar-refractivity contribution >= 4 is 27.6 Å². The molecule has 1 saturated carbocycles.